The van der Waals surface area contributed by atoms with Crippen molar-refractivity contribution in [3.8, 4) is 11.5 Å². The molecule has 0 amide bonds. The Bertz CT molecular complexity index is 1250. The van der Waals surface area contributed by atoms with Gasteiger partial charge in [-0.2, -0.15) is 4.67 Å². The van der Waals surface area contributed by atoms with Gasteiger partial charge in [-0.15, -0.1) is 0 Å². The van der Waals surface area contributed by atoms with Gasteiger partial charge in [0.05, 0.1) is 21.3 Å². The summed E-state index contributed by atoms with van der Waals surface area (Å²) in [7, 11) is 4.85. The minimum Gasteiger partial charge on any atom is -0.497 e. The number of likely N-dealkylation sites (N-methyl/N-ethyl adjacent to an activating group) is 1. The summed E-state index contributed by atoms with van der Waals surface area (Å²) in [5.41, 5.74) is 2.88. The Morgan fingerprint density at radius 1 is 0.811 bits per heavy atom. The molecule has 0 aliphatic heterocycles. The van der Waals surface area contributed by atoms with Crippen molar-refractivity contribution in [3.63, 3.8) is 0 Å². The molecule has 0 spiro atoms. The maximum atomic E-state index is 12.8. The smallest absolute Gasteiger partial charge is 0.324 e. The molecule has 204 valence electrons. The lowest BCUT2D eigenvalue weighted by atomic mass is 9.84. The lowest BCUT2D eigenvalue weighted by Crippen LogP contribution is -2.41. The summed E-state index contributed by atoms with van der Waals surface area (Å²) in [5.74, 6) is 1.11. The Kier molecular flexibility index (Phi) is 8.31. The molecule has 0 saturated carbocycles. The van der Waals surface area contributed by atoms with E-state index < -0.39 is 14.2 Å². The topological polar surface area (TPSA) is 74.3 Å². The van der Waals surface area contributed by atoms with Gasteiger partial charge in [0, 0.05) is 28.9 Å². The number of methoxy groups -OCH3 is 3. The molecule has 0 bridgehead atoms. The predicted molar refractivity (Wildman–Crippen MR) is 152 cm³/mol. The molecule has 0 aliphatic rings. The van der Waals surface area contributed by atoms with Crippen LogP contribution in [0.25, 0.3) is 21.9 Å². The molecule has 0 N–H and O–H groups in total. The molecule has 0 fully saturated rings. The van der Waals surface area contributed by atoms with Gasteiger partial charge in [0.15, 0.2) is 0 Å². The summed E-state index contributed by atoms with van der Waals surface area (Å²) < 4.78 is 32.1. The van der Waals surface area contributed by atoms with E-state index in [1.165, 1.54) is 7.11 Å². The third-order valence-corrected chi connectivity index (χ3v) is 8.02. The van der Waals surface area contributed by atoms with Crippen LogP contribution in [0.5, 0.6) is 11.5 Å². The van der Waals surface area contributed by atoms with E-state index in [0.29, 0.717) is 11.2 Å². The molecular weight excluding hydrogens is 489 g/mol. The number of rotatable bonds is 6. The summed E-state index contributed by atoms with van der Waals surface area (Å²) in [6, 6.07) is 7.45. The molecule has 8 heteroatoms. The van der Waals surface area contributed by atoms with Crippen molar-refractivity contribution in [3.05, 3.63) is 35.4 Å². The van der Waals surface area contributed by atoms with Crippen LogP contribution in [0.3, 0.4) is 0 Å². The van der Waals surface area contributed by atoms with E-state index in [2.05, 4.69) is 41.5 Å². The van der Waals surface area contributed by atoms with Gasteiger partial charge in [-0.05, 0) is 41.0 Å². The Labute approximate surface area is 221 Å². The van der Waals surface area contributed by atoms with Crippen molar-refractivity contribution in [1.82, 2.24) is 0 Å². The molecule has 1 aromatic heterocycles. The van der Waals surface area contributed by atoms with Crippen LogP contribution in [0.15, 0.2) is 32.7 Å². The van der Waals surface area contributed by atoms with Crippen LogP contribution in [-0.2, 0) is 20.4 Å². The number of esters is 1. The van der Waals surface area contributed by atoms with E-state index in [-0.39, 0.29) is 22.7 Å². The zero-order valence-corrected chi connectivity index (χ0v) is 25.2. The van der Waals surface area contributed by atoms with Gasteiger partial charge in [0.2, 0.25) is 0 Å². The van der Waals surface area contributed by atoms with Crippen LogP contribution in [0, 0.1) is 5.92 Å². The number of carbonyl (C=O) groups excluding carboxylic acids is 1. The molecule has 0 radical (unpaired) electrons. The molecule has 0 unspecified atom stereocenters. The first-order valence-corrected chi connectivity index (χ1v) is 13.7. The molecule has 1 atom stereocenters. The molecule has 0 aliphatic carbocycles. The summed E-state index contributed by atoms with van der Waals surface area (Å²) in [6.45, 7) is 16.8. The van der Waals surface area contributed by atoms with Crippen molar-refractivity contribution in [2.45, 2.75) is 72.3 Å². The third-order valence-electron chi connectivity index (χ3n) is 6.58. The third kappa shape index (κ3) is 5.78. The van der Waals surface area contributed by atoms with Crippen LogP contribution in [0.2, 0.25) is 0 Å². The van der Waals surface area contributed by atoms with Gasteiger partial charge in [-0.3, -0.25) is 4.79 Å². The lowest BCUT2D eigenvalue weighted by molar-refractivity contribution is -0.143. The monoisotopic (exact) mass is 531 g/mol. The van der Waals surface area contributed by atoms with Crippen molar-refractivity contribution >= 4 is 36.1 Å². The lowest BCUT2D eigenvalue weighted by Gasteiger charge is -2.26. The van der Waals surface area contributed by atoms with Gasteiger partial charge in [-0.25, -0.2) is 0 Å². The Morgan fingerprint density at radius 2 is 1.22 bits per heavy atom. The predicted octanol–water partition coefficient (Wildman–Crippen LogP) is 7.67. The minimum atomic E-state index is -1.75. The average Bonchev–Trinajstić information content (AvgIpc) is 2.97. The van der Waals surface area contributed by atoms with Gasteiger partial charge in [0.25, 0.3) is 0 Å². The summed E-state index contributed by atoms with van der Waals surface area (Å²) in [4.78, 5) is 12.8. The van der Waals surface area contributed by atoms with Crippen LogP contribution in [0.1, 0.15) is 66.5 Å². The standard InChI is InChI=1S/C29H42NO6P/c1-17(2)24(27(31)34-12)30(9)37-35-25-20(13-18(32-10)15-22(25)28(3,4)5)21-14-19(33-11)16-23(26(21)36-37)29(6,7)8/h13-17,24H,1-12H3/t24-/m0/s1. The number of benzene rings is 2. The maximum Gasteiger partial charge on any atom is 0.324 e. The number of carbonyl (C=O) groups is 1. The first-order chi connectivity index (χ1) is 17.1. The van der Waals surface area contributed by atoms with E-state index >= 15 is 0 Å². The van der Waals surface area contributed by atoms with Crippen molar-refractivity contribution in [2.75, 3.05) is 33.0 Å². The molecule has 2 aromatic carbocycles. The fourth-order valence-electron chi connectivity index (χ4n) is 4.53. The summed E-state index contributed by atoms with van der Waals surface area (Å²) >= 11 is 0. The van der Waals surface area contributed by atoms with Crippen LogP contribution < -0.4 is 14.1 Å². The maximum absolute atomic E-state index is 12.8. The Hall–Kier alpha value is -2.63. The first-order valence-electron chi connectivity index (χ1n) is 12.6. The fourth-order valence-corrected chi connectivity index (χ4v) is 6.10. The molecular formula is C29H42NO6P. The highest BCUT2D eigenvalue weighted by atomic mass is 31.1. The van der Waals surface area contributed by atoms with Gasteiger partial charge in [0.1, 0.15) is 28.7 Å². The highest BCUT2D eigenvalue weighted by Crippen LogP contribution is 2.46. The second-order valence-electron chi connectivity index (χ2n) is 11.8. The van der Waals surface area contributed by atoms with Crippen LogP contribution in [0.4, 0.5) is 0 Å². The van der Waals surface area contributed by atoms with E-state index in [0.717, 1.165) is 33.4 Å². The normalized spacial score (nSPS) is 13.4. The summed E-state index contributed by atoms with van der Waals surface area (Å²) in [5, 5.41) is 1.72. The molecule has 37 heavy (non-hydrogen) atoms. The van der Waals surface area contributed by atoms with Crippen molar-refractivity contribution in [1.29, 1.82) is 0 Å². The fraction of sp³-hybridized carbons (Fsp3) is 0.552. The second kappa shape index (κ2) is 10.6. The molecule has 0 saturated heterocycles. The molecule has 1 heterocycles. The van der Waals surface area contributed by atoms with Gasteiger partial charge in [-0.1, -0.05) is 55.4 Å². The zero-order valence-electron chi connectivity index (χ0n) is 24.3. The number of ether oxygens (including phenoxy) is 3. The van der Waals surface area contributed by atoms with Crippen LogP contribution >= 0.6 is 8.16 Å². The highest BCUT2D eigenvalue weighted by molar-refractivity contribution is 7.39. The largest absolute Gasteiger partial charge is 0.497 e. The first kappa shape index (κ1) is 28.9. The minimum absolute atomic E-state index is 0.0229. The number of hydrogen-bond donors (Lipinski definition) is 0. The Balaban J connectivity index is 2.66. The second-order valence-corrected chi connectivity index (χ2v) is 13.3. The quantitative estimate of drug-likeness (QED) is 0.302. The molecule has 7 nitrogen and oxygen atoms in total. The number of fused-ring (bicyclic) bond motifs is 3. The van der Waals surface area contributed by atoms with E-state index in [1.807, 2.05) is 49.8 Å². The molecule has 3 aromatic rings. The Morgan fingerprint density at radius 3 is 1.51 bits per heavy atom. The van der Waals surface area contributed by atoms with Gasteiger partial charge < -0.3 is 22.6 Å². The van der Waals surface area contributed by atoms with Crippen molar-refractivity contribution in [2.24, 2.45) is 5.92 Å². The summed E-state index contributed by atoms with van der Waals surface area (Å²) in [6.07, 6.45) is 0. The van der Waals surface area contributed by atoms with E-state index in [1.54, 1.807) is 14.2 Å². The number of nitrogens with zero attached hydrogens (tertiary/aromatic N) is 1. The van der Waals surface area contributed by atoms with Crippen LogP contribution in [-0.4, -0.2) is 40.4 Å². The van der Waals surface area contributed by atoms with E-state index in [4.69, 9.17) is 22.6 Å². The average molecular weight is 532 g/mol. The van der Waals surface area contributed by atoms with Gasteiger partial charge >= 0.3 is 14.1 Å². The zero-order chi connectivity index (χ0) is 27.9. The van der Waals surface area contributed by atoms with Crippen molar-refractivity contribution < 1.29 is 27.4 Å². The highest BCUT2D eigenvalue weighted by Gasteiger charge is 2.33. The number of hydrogen-bond acceptors (Lipinski definition) is 7. The SMILES string of the molecule is COC(=O)[C@H](C(C)C)N(C)p1oc2c(C(C)(C)C)cc(OC)cc2c2cc(OC)cc(C(C)(C)C)c2o1. The van der Waals surface area contributed by atoms with E-state index in [9.17, 15) is 4.79 Å². The molecule has 3 rings (SSSR count).